The Morgan fingerprint density at radius 2 is 1.73 bits per heavy atom. The topological polar surface area (TPSA) is 71.4 Å². The van der Waals surface area contributed by atoms with Gasteiger partial charge in [0, 0.05) is 23.6 Å². The van der Waals surface area contributed by atoms with Gasteiger partial charge in [0.25, 0.3) is 5.91 Å². The van der Waals surface area contributed by atoms with Gasteiger partial charge in [-0.3, -0.25) is 9.69 Å². The molecule has 1 atom stereocenters. The van der Waals surface area contributed by atoms with Crippen molar-refractivity contribution < 1.29 is 19.1 Å². The van der Waals surface area contributed by atoms with Crippen molar-refractivity contribution in [1.29, 1.82) is 0 Å². The predicted octanol–water partition coefficient (Wildman–Crippen LogP) is 7.39. The van der Waals surface area contributed by atoms with E-state index in [4.69, 9.17) is 9.47 Å². The number of nitrogens with zero attached hydrogens (tertiary/aromatic N) is 3. The molecule has 41 heavy (non-hydrogen) atoms. The smallest absolute Gasteiger partial charge is 0.340 e. The lowest BCUT2D eigenvalue weighted by Crippen LogP contribution is -2.29. The Labute approximate surface area is 240 Å². The monoisotopic (exact) mass is 547 g/mol. The average molecular weight is 548 g/mol. The molecule has 0 radical (unpaired) electrons. The minimum absolute atomic E-state index is 0.124. The average Bonchev–Trinajstić information content (AvgIpc) is 3.28. The molecule has 1 fully saturated rings. The van der Waals surface area contributed by atoms with Crippen LogP contribution in [0.25, 0.3) is 6.08 Å². The number of carbonyl (C=O) groups is 2. The van der Waals surface area contributed by atoms with E-state index in [1.54, 1.807) is 37.3 Å². The molecule has 1 heterocycles. The molecule has 1 amide bonds. The van der Waals surface area contributed by atoms with Gasteiger partial charge in [-0.05, 0) is 80.3 Å². The van der Waals surface area contributed by atoms with Crippen LogP contribution >= 0.6 is 0 Å². The van der Waals surface area contributed by atoms with Crippen LogP contribution in [0.5, 0.6) is 0 Å². The number of esters is 1. The summed E-state index contributed by atoms with van der Waals surface area (Å²) in [5.74, 6) is -0.143. The quantitative estimate of drug-likeness (QED) is 0.217. The maximum Gasteiger partial charge on any atom is 0.340 e. The Balaban J connectivity index is 1.43. The van der Waals surface area contributed by atoms with Crippen molar-refractivity contribution in [1.82, 2.24) is 4.90 Å². The van der Waals surface area contributed by atoms with Gasteiger partial charge in [-0.1, -0.05) is 61.5 Å². The zero-order valence-electron chi connectivity index (χ0n) is 23.5. The summed E-state index contributed by atoms with van der Waals surface area (Å²) < 4.78 is 11.1. The number of amides is 1. The van der Waals surface area contributed by atoms with E-state index in [-0.39, 0.29) is 24.3 Å². The Hall–Kier alpha value is -4.91. The second-order valence-electron chi connectivity index (χ2n) is 9.78. The predicted molar refractivity (Wildman–Crippen MR) is 162 cm³/mol. The maximum absolute atomic E-state index is 13.2. The van der Waals surface area contributed by atoms with Crippen LogP contribution in [-0.2, 0) is 14.3 Å². The van der Waals surface area contributed by atoms with Crippen molar-refractivity contribution in [2.24, 2.45) is 10.9 Å². The van der Waals surface area contributed by atoms with E-state index in [1.165, 1.54) is 10.6 Å². The molecule has 3 aromatic carbocycles. The number of carbonyl (C=O) groups excluding carboxylic acids is 2. The summed E-state index contributed by atoms with van der Waals surface area (Å²) in [6.07, 6.45) is 9.15. The fourth-order valence-electron chi connectivity index (χ4n) is 4.84. The maximum atomic E-state index is 13.2. The summed E-state index contributed by atoms with van der Waals surface area (Å²) in [4.78, 5) is 33.8. The lowest BCUT2D eigenvalue weighted by molar-refractivity contribution is -0.122. The highest BCUT2D eigenvalue weighted by Gasteiger charge is 2.34. The molecule has 1 aliphatic heterocycles. The highest BCUT2D eigenvalue weighted by atomic mass is 16.5. The van der Waals surface area contributed by atoms with Gasteiger partial charge in [0.15, 0.2) is 5.76 Å². The van der Waals surface area contributed by atoms with E-state index in [0.717, 1.165) is 23.4 Å². The first kappa shape index (κ1) is 27.6. The molecule has 7 heteroatoms. The van der Waals surface area contributed by atoms with Crippen LogP contribution in [0.3, 0.4) is 0 Å². The largest absolute Gasteiger partial charge is 0.462 e. The van der Waals surface area contributed by atoms with E-state index >= 15 is 0 Å². The van der Waals surface area contributed by atoms with Crippen molar-refractivity contribution in [3.05, 3.63) is 120 Å². The summed E-state index contributed by atoms with van der Waals surface area (Å²) in [5, 5.41) is 0. The zero-order chi connectivity index (χ0) is 28.8. The molecule has 0 bridgehead atoms. The molecule has 0 N–H and O–H groups in total. The SMILES string of the molecule is CCOC(=O)c1ccccc1/N=C1/O/C(=C/c2ccc(N(C3=CC=CC(C)C3)c3ccccc3)cc2)C(=O)N1CC. The third-order valence-corrected chi connectivity index (χ3v) is 6.83. The van der Waals surface area contributed by atoms with Crippen LogP contribution in [0.15, 0.2) is 114 Å². The van der Waals surface area contributed by atoms with Crippen molar-refractivity contribution in [2.45, 2.75) is 27.2 Å². The van der Waals surface area contributed by atoms with Gasteiger partial charge < -0.3 is 14.4 Å². The van der Waals surface area contributed by atoms with E-state index < -0.39 is 5.97 Å². The first-order chi connectivity index (χ1) is 20.0. The summed E-state index contributed by atoms with van der Waals surface area (Å²) in [5.41, 5.74) is 4.83. The molecule has 0 aromatic heterocycles. The zero-order valence-corrected chi connectivity index (χ0v) is 23.5. The number of likely N-dealkylation sites (N-methyl/N-ethyl adjacent to an activating group) is 1. The molecule has 5 rings (SSSR count). The molecular weight excluding hydrogens is 514 g/mol. The minimum Gasteiger partial charge on any atom is -0.462 e. The number of hydrogen-bond donors (Lipinski definition) is 0. The molecule has 3 aromatic rings. The summed E-state index contributed by atoms with van der Waals surface area (Å²) in [6.45, 7) is 6.43. The molecule has 1 saturated heterocycles. The van der Waals surface area contributed by atoms with Crippen molar-refractivity contribution in [2.75, 3.05) is 18.1 Å². The third kappa shape index (κ3) is 6.14. The molecule has 1 aliphatic carbocycles. The van der Waals surface area contributed by atoms with E-state index in [2.05, 4.69) is 47.2 Å². The number of amidine groups is 1. The van der Waals surface area contributed by atoms with Gasteiger partial charge in [-0.15, -0.1) is 0 Å². The van der Waals surface area contributed by atoms with Crippen LogP contribution in [0, 0.1) is 5.92 Å². The Kier molecular flexibility index (Phi) is 8.44. The minimum atomic E-state index is -0.477. The van der Waals surface area contributed by atoms with Crippen LogP contribution in [0.1, 0.15) is 43.1 Å². The number of para-hydroxylation sites is 2. The third-order valence-electron chi connectivity index (χ3n) is 6.83. The molecule has 7 nitrogen and oxygen atoms in total. The normalized spacial score (nSPS) is 18.4. The second-order valence-corrected chi connectivity index (χ2v) is 9.78. The second kappa shape index (κ2) is 12.5. The number of ether oxygens (including phenoxy) is 2. The molecular formula is C34H33N3O4. The standard InChI is InChI=1S/C34H33N3O4/c1-4-36-32(38)31(41-34(36)35-30-17-10-9-16-29(30)33(39)40-5-2)23-25-18-20-27(21-19-25)37(26-13-7-6-8-14-26)28-15-11-12-24(3)22-28/h6-21,23-24H,4-5,22H2,1-3H3/b31-23+,35-34+. The van der Waals surface area contributed by atoms with Gasteiger partial charge in [-0.2, -0.15) is 4.99 Å². The van der Waals surface area contributed by atoms with Crippen LogP contribution in [0.2, 0.25) is 0 Å². The van der Waals surface area contributed by atoms with Gasteiger partial charge in [-0.25, -0.2) is 4.79 Å². The van der Waals surface area contributed by atoms with Gasteiger partial charge in [0.2, 0.25) is 0 Å². The molecule has 208 valence electrons. The number of rotatable bonds is 8. The number of aliphatic imine (C=N–C) groups is 1. The van der Waals surface area contributed by atoms with Gasteiger partial charge in [0.1, 0.15) is 0 Å². The number of benzene rings is 3. The number of hydrogen-bond acceptors (Lipinski definition) is 6. The lowest BCUT2D eigenvalue weighted by Gasteiger charge is -2.30. The fourth-order valence-corrected chi connectivity index (χ4v) is 4.84. The molecule has 0 saturated carbocycles. The van der Waals surface area contributed by atoms with Crippen LogP contribution in [0.4, 0.5) is 17.1 Å². The summed E-state index contributed by atoms with van der Waals surface area (Å²) in [6, 6.07) is 25.3. The molecule has 0 spiro atoms. The lowest BCUT2D eigenvalue weighted by atomic mass is 9.98. The number of anilines is 2. The van der Waals surface area contributed by atoms with E-state index in [1.807, 2.05) is 49.4 Å². The summed E-state index contributed by atoms with van der Waals surface area (Å²) in [7, 11) is 0. The summed E-state index contributed by atoms with van der Waals surface area (Å²) >= 11 is 0. The first-order valence-corrected chi connectivity index (χ1v) is 13.9. The van der Waals surface area contributed by atoms with E-state index in [0.29, 0.717) is 23.7 Å². The Bertz CT molecular complexity index is 1540. The van der Waals surface area contributed by atoms with Crippen molar-refractivity contribution in [3.8, 4) is 0 Å². The highest BCUT2D eigenvalue weighted by molar-refractivity contribution is 6.12. The van der Waals surface area contributed by atoms with Gasteiger partial charge in [0.05, 0.1) is 17.9 Å². The fraction of sp³-hybridized carbons (Fsp3) is 0.206. The van der Waals surface area contributed by atoms with Crippen LogP contribution < -0.4 is 4.90 Å². The first-order valence-electron chi connectivity index (χ1n) is 13.9. The molecule has 2 aliphatic rings. The number of allylic oxidation sites excluding steroid dienone is 4. The Morgan fingerprint density at radius 1 is 1.02 bits per heavy atom. The van der Waals surface area contributed by atoms with Gasteiger partial charge >= 0.3 is 12.0 Å². The highest BCUT2D eigenvalue weighted by Crippen LogP contribution is 2.35. The molecule has 1 unspecified atom stereocenters. The Morgan fingerprint density at radius 3 is 2.44 bits per heavy atom. The van der Waals surface area contributed by atoms with Crippen LogP contribution in [-0.4, -0.2) is 35.9 Å². The van der Waals surface area contributed by atoms with Crippen molar-refractivity contribution in [3.63, 3.8) is 0 Å². The van der Waals surface area contributed by atoms with E-state index in [9.17, 15) is 9.59 Å². The van der Waals surface area contributed by atoms with Crippen molar-refractivity contribution >= 4 is 41.0 Å².